The van der Waals surface area contributed by atoms with Crippen LogP contribution in [0.1, 0.15) is 27.6 Å². The molecule has 3 aromatic rings. The van der Waals surface area contributed by atoms with E-state index in [1.54, 1.807) is 0 Å². The Balaban J connectivity index is 1.61. The highest BCUT2D eigenvalue weighted by molar-refractivity contribution is 5.99. The van der Waals surface area contributed by atoms with Crippen LogP contribution >= 0.6 is 0 Å². The van der Waals surface area contributed by atoms with E-state index in [9.17, 15) is 34.6 Å². The normalized spacial score (nSPS) is 10.2. The van der Waals surface area contributed by atoms with Gasteiger partial charge in [-0.1, -0.05) is 0 Å². The summed E-state index contributed by atoms with van der Waals surface area (Å²) in [5.41, 5.74) is -0.713. The van der Waals surface area contributed by atoms with Crippen LogP contribution in [0.2, 0.25) is 0 Å². The molecule has 0 spiro atoms. The number of rotatable bonds is 9. The summed E-state index contributed by atoms with van der Waals surface area (Å²) in [4.78, 5) is 55.9. The molecule has 0 unspecified atom stereocenters. The maximum Gasteiger partial charge on any atom is 0.338 e. The number of benzene rings is 3. The van der Waals surface area contributed by atoms with Gasteiger partial charge in [-0.25, -0.2) is 4.79 Å². The number of hydrogen-bond acceptors (Lipinski definition) is 10. The van der Waals surface area contributed by atoms with Crippen molar-refractivity contribution in [3.8, 4) is 17.2 Å². The second-order valence-corrected chi connectivity index (χ2v) is 6.91. The minimum Gasteiger partial charge on any atom is -0.454 e. The number of nitro groups is 2. The molecule has 0 radical (unpaired) electrons. The van der Waals surface area contributed by atoms with Gasteiger partial charge in [-0.15, -0.1) is 0 Å². The standard InChI is InChI=1S/C23H16N2O10/c1-14(26)34-18-7-2-15(3-8-18)21(27)13-33-23(28)16-4-9-19(10-5-16)35-22-11-6-17(24(29)30)12-20(22)25(31)32/h2-12H,13H2,1H3. The first kappa shape index (κ1) is 24.5. The first-order valence-electron chi connectivity index (χ1n) is 9.83. The minimum atomic E-state index is -0.811. The van der Waals surface area contributed by atoms with Gasteiger partial charge in [-0.2, -0.15) is 0 Å². The van der Waals surface area contributed by atoms with Gasteiger partial charge in [0.25, 0.3) is 5.69 Å². The number of hydrogen-bond donors (Lipinski definition) is 0. The number of nitro benzene ring substituents is 2. The second-order valence-electron chi connectivity index (χ2n) is 6.91. The summed E-state index contributed by atoms with van der Waals surface area (Å²) in [5.74, 6) is -1.59. The van der Waals surface area contributed by atoms with Gasteiger partial charge in [-0.3, -0.25) is 29.8 Å². The number of carbonyl (C=O) groups excluding carboxylic acids is 3. The summed E-state index contributed by atoms with van der Waals surface area (Å²) in [6.45, 7) is 0.718. The van der Waals surface area contributed by atoms with E-state index in [1.807, 2.05) is 0 Å². The fraction of sp³-hybridized carbons (Fsp3) is 0.0870. The lowest BCUT2D eigenvalue weighted by Gasteiger charge is -2.08. The molecule has 0 N–H and O–H groups in total. The minimum absolute atomic E-state index is 0.0913. The Hall–Kier alpha value is -5.13. The fourth-order valence-corrected chi connectivity index (χ4v) is 2.81. The topological polar surface area (TPSA) is 165 Å². The van der Waals surface area contributed by atoms with Crippen LogP contribution in [0, 0.1) is 20.2 Å². The molecule has 35 heavy (non-hydrogen) atoms. The Morgan fingerprint density at radius 2 is 1.40 bits per heavy atom. The summed E-state index contributed by atoms with van der Waals surface area (Å²) >= 11 is 0. The monoisotopic (exact) mass is 480 g/mol. The number of non-ortho nitro benzene ring substituents is 1. The first-order chi connectivity index (χ1) is 16.6. The van der Waals surface area contributed by atoms with Crippen LogP contribution in [-0.2, 0) is 9.53 Å². The molecule has 3 rings (SSSR count). The van der Waals surface area contributed by atoms with Crippen molar-refractivity contribution >= 4 is 29.1 Å². The predicted octanol–water partition coefficient (Wildman–Crippen LogP) is 4.26. The zero-order valence-electron chi connectivity index (χ0n) is 18.0. The van der Waals surface area contributed by atoms with Gasteiger partial charge in [0, 0.05) is 18.6 Å². The number of nitrogens with zero attached hydrogens (tertiary/aromatic N) is 2. The molecule has 178 valence electrons. The van der Waals surface area contributed by atoms with Crippen molar-refractivity contribution in [2.45, 2.75) is 6.92 Å². The quantitative estimate of drug-likeness (QED) is 0.142. The molecule has 0 aliphatic carbocycles. The van der Waals surface area contributed by atoms with E-state index < -0.39 is 45.6 Å². The maximum absolute atomic E-state index is 12.2. The van der Waals surface area contributed by atoms with Gasteiger partial charge in [0.1, 0.15) is 11.5 Å². The summed E-state index contributed by atoms with van der Waals surface area (Å²) < 4.78 is 15.3. The third-order valence-electron chi connectivity index (χ3n) is 4.44. The molecule has 0 heterocycles. The Bertz CT molecular complexity index is 1300. The van der Waals surface area contributed by atoms with Crippen molar-refractivity contribution in [2.75, 3.05) is 6.61 Å². The van der Waals surface area contributed by atoms with Gasteiger partial charge in [0.05, 0.1) is 21.5 Å². The summed E-state index contributed by atoms with van der Waals surface area (Å²) in [6.07, 6.45) is 0. The molecular weight excluding hydrogens is 464 g/mol. The van der Waals surface area contributed by atoms with Crippen molar-refractivity contribution < 1.29 is 38.4 Å². The number of esters is 2. The Morgan fingerprint density at radius 3 is 1.97 bits per heavy atom. The molecule has 0 aliphatic heterocycles. The van der Waals surface area contributed by atoms with E-state index in [0.29, 0.717) is 0 Å². The van der Waals surface area contributed by atoms with Crippen LogP contribution in [0.4, 0.5) is 11.4 Å². The molecule has 0 saturated carbocycles. The molecule has 0 atom stereocenters. The molecule has 0 aromatic heterocycles. The zero-order valence-corrected chi connectivity index (χ0v) is 18.0. The van der Waals surface area contributed by atoms with Gasteiger partial charge in [-0.05, 0) is 54.6 Å². The smallest absolute Gasteiger partial charge is 0.338 e. The zero-order chi connectivity index (χ0) is 25.5. The SMILES string of the molecule is CC(=O)Oc1ccc(C(=O)COC(=O)c2ccc(Oc3ccc([N+](=O)[O-])cc3[N+](=O)[O-])cc2)cc1. The molecule has 0 fully saturated rings. The van der Waals surface area contributed by atoms with Crippen LogP contribution in [-0.4, -0.2) is 34.2 Å². The van der Waals surface area contributed by atoms with Crippen molar-refractivity contribution in [2.24, 2.45) is 0 Å². The number of ether oxygens (including phenoxy) is 3. The highest BCUT2D eigenvalue weighted by Gasteiger charge is 2.21. The predicted molar refractivity (Wildman–Crippen MR) is 119 cm³/mol. The maximum atomic E-state index is 12.2. The van der Waals surface area contributed by atoms with Crippen molar-refractivity contribution in [1.82, 2.24) is 0 Å². The lowest BCUT2D eigenvalue weighted by Crippen LogP contribution is -2.14. The Kier molecular flexibility index (Phi) is 7.46. The van der Waals surface area contributed by atoms with Gasteiger partial charge >= 0.3 is 17.6 Å². The van der Waals surface area contributed by atoms with Crippen molar-refractivity contribution in [1.29, 1.82) is 0 Å². The molecular formula is C23H16N2O10. The lowest BCUT2D eigenvalue weighted by molar-refractivity contribution is -0.394. The van der Waals surface area contributed by atoms with Crippen LogP contribution in [0.3, 0.4) is 0 Å². The van der Waals surface area contributed by atoms with Crippen LogP contribution < -0.4 is 9.47 Å². The molecule has 12 heteroatoms. The Labute approximate surface area is 197 Å². The third-order valence-corrected chi connectivity index (χ3v) is 4.44. The molecule has 12 nitrogen and oxygen atoms in total. The van der Waals surface area contributed by atoms with Crippen molar-refractivity contribution in [3.05, 3.63) is 98.1 Å². The summed E-state index contributed by atoms with van der Waals surface area (Å²) in [6, 6.07) is 14.0. The number of ketones is 1. The number of carbonyl (C=O) groups is 3. The molecule has 0 amide bonds. The lowest BCUT2D eigenvalue weighted by atomic mass is 10.1. The van der Waals surface area contributed by atoms with E-state index in [4.69, 9.17) is 14.2 Å². The number of Topliss-reactive ketones (excluding diaryl/α,β-unsaturated/α-hetero) is 1. The Morgan fingerprint density at radius 1 is 0.800 bits per heavy atom. The first-order valence-corrected chi connectivity index (χ1v) is 9.83. The third kappa shape index (κ3) is 6.44. The average Bonchev–Trinajstić information content (AvgIpc) is 2.82. The van der Waals surface area contributed by atoms with Gasteiger partial charge in [0.15, 0.2) is 12.4 Å². The average molecular weight is 480 g/mol. The molecule has 0 saturated heterocycles. The summed E-state index contributed by atoms with van der Waals surface area (Å²) in [5, 5.41) is 22.0. The molecule has 0 aliphatic rings. The van der Waals surface area contributed by atoms with E-state index in [1.165, 1.54) is 55.5 Å². The van der Waals surface area contributed by atoms with E-state index in [-0.39, 0.29) is 28.4 Å². The van der Waals surface area contributed by atoms with Crippen LogP contribution in [0.15, 0.2) is 66.7 Å². The second kappa shape index (κ2) is 10.7. The van der Waals surface area contributed by atoms with Gasteiger partial charge < -0.3 is 14.2 Å². The van der Waals surface area contributed by atoms with E-state index >= 15 is 0 Å². The summed E-state index contributed by atoms with van der Waals surface area (Å²) in [7, 11) is 0. The molecule has 3 aromatic carbocycles. The highest BCUT2D eigenvalue weighted by Crippen LogP contribution is 2.34. The van der Waals surface area contributed by atoms with Crippen LogP contribution in [0.5, 0.6) is 17.2 Å². The largest absolute Gasteiger partial charge is 0.454 e. The van der Waals surface area contributed by atoms with Crippen molar-refractivity contribution in [3.63, 3.8) is 0 Å². The van der Waals surface area contributed by atoms with E-state index in [0.717, 1.165) is 18.2 Å². The highest BCUT2D eigenvalue weighted by atomic mass is 16.6. The van der Waals surface area contributed by atoms with Gasteiger partial charge in [0.2, 0.25) is 5.75 Å². The fourth-order valence-electron chi connectivity index (χ4n) is 2.81. The molecule has 0 bridgehead atoms. The van der Waals surface area contributed by atoms with Crippen LogP contribution in [0.25, 0.3) is 0 Å². The van der Waals surface area contributed by atoms with E-state index in [2.05, 4.69) is 0 Å².